The van der Waals surface area contributed by atoms with Crippen molar-refractivity contribution in [1.29, 1.82) is 0 Å². The molecule has 2 heterocycles. The molecule has 0 saturated heterocycles. The summed E-state index contributed by atoms with van der Waals surface area (Å²) in [6, 6.07) is 3.75. The van der Waals surface area contributed by atoms with E-state index in [0.29, 0.717) is 11.6 Å². The fourth-order valence-corrected chi connectivity index (χ4v) is 1.35. The van der Waals surface area contributed by atoms with Crippen LogP contribution in [0.1, 0.15) is 25.7 Å². The van der Waals surface area contributed by atoms with Gasteiger partial charge in [-0.05, 0) is 28.1 Å². The predicted molar refractivity (Wildman–Crippen MR) is 53.6 cm³/mol. The minimum absolute atomic E-state index is 0.299. The monoisotopic (exact) mass is 240 g/mol. The molecule has 0 radical (unpaired) electrons. The van der Waals surface area contributed by atoms with E-state index in [9.17, 15) is 0 Å². The summed E-state index contributed by atoms with van der Waals surface area (Å²) in [5.41, 5.74) is 1.41. The fourth-order valence-electron chi connectivity index (χ4n) is 1.06. The number of oxazole rings is 1. The number of nitrogens with zero attached hydrogens (tertiary/aromatic N) is 2. The van der Waals surface area contributed by atoms with Gasteiger partial charge in [-0.3, -0.25) is 0 Å². The first kappa shape index (κ1) is 8.69. The fraction of sp³-hybridized carbons (Fsp3) is 0.333. The highest BCUT2D eigenvalue weighted by Gasteiger charge is 2.09. The van der Waals surface area contributed by atoms with Gasteiger partial charge in [0.15, 0.2) is 5.89 Å². The molecular formula is C9H9BrN2O. The molecule has 68 valence electrons. The zero-order valence-electron chi connectivity index (χ0n) is 7.41. The van der Waals surface area contributed by atoms with Crippen molar-refractivity contribution in [2.45, 2.75) is 19.8 Å². The van der Waals surface area contributed by atoms with E-state index in [0.717, 1.165) is 16.0 Å². The summed E-state index contributed by atoms with van der Waals surface area (Å²) in [5.74, 6) is 1.04. The molecule has 0 fully saturated rings. The summed E-state index contributed by atoms with van der Waals surface area (Å²) >= 11 is 3.28. The summed E-state index contributed by atoms with van der Waals surface area (Å²) in [7, 11) is 0. The number of halogens is 1. The van der Waals surface area contributed by atoms with Crippen LogP contribution in [0.3, 0.4) is 0 Å². The molecule has 2 aromatic heterocycles. The Kier molecular flexibility index (Phi) is 2.07. The standard InChI is InChI=1S/C9H9BrN2O/c1-5(2)8-11-6-3-4-7(10)12-9(6)13-8/h3-5H,1-2H3. The normalized spacial score (nSPS) is 11.4. The summed E-state index contributed by atoms with van der Waals surface area (Å²) in [5, 5.41) is 0. The molecule has 2 rings (SSSR count). The van der Waals surface area contributed by atoms with E-state index in [2.05, 4.69) is 25.9 Å². The summed E-state index contributed by atoms with van der Waals surface area (Å²) < 4.78 is 6.23. The van der Waals surface area contributed by atoms with Gasteiger partial charge in [-0.25, -0.2) is 9.97 Å². The molecule has 0 N–H and O–H groups in total. The molecule has 2 aromatic rings. The summed E-state index contributed by atoms with van der Waals surface area (Å²) in [6.45, 7) is 4.08. The van der Waals surface area contributed by atoms with Gasteiger partial charge in [0.1, 0.15) is 10.1 Å². The number of fused-ring (bicyclic) bond motifs is 1. The van der Waals surface area contributed by atoms with Crippen LogP contribution in [0.25, 0.3) is 11.2 Å². The Hall–Kier alpha value is -0.900. The van der Waals surface area contributed by atoms with Crippen LogP contribution in [-0.2, 0) is 0 Å². The van der Waals surface area contributed by atoms with Crippen LogP contribution in [0.4, 0.5) is 0 Å². The Labute approximate surface area is 84.3 Å². The average molecular weight is 241 g/mol. The molecule has 0 aliphatic heterocycles. The molecule has 0 aromatic carbocycles. The topological polar surface area (TPSA) is 38.9 Å². The van der Waals surface area contributed by atoms with E-state index in [1.54, 1.807) is 0 Å². The molecule has 13 heavy (non-hydrogen) atoms. The largest absolute Gasteiger partial charge is 0.422 e. The van der Waals surface area contributed by atoms with Crippen LogP contribution in [0.5, 0.6) is 0 Å². The summed E-state index contributed by atoms with van der Waals surface area (Å²) in [6.07, 6.45) is 0. The number of rotatable bonds is 1. The van der Waals surface area contributed by atoms with Crippen LogP contribution >= 0.6 is 15.9 Å². The van der Waals surface area contributed by atoms with Gasteiger partial charge in [-0.15, -0.1) is 0 Å². The van der Waals surface area contributed by atoms with Crippen molar-refractivity contribution >= 4 is 27.2 Å². The van der Waals surface area contributed by atoms with Crippen LogP contribution in [-0.4, -0.2) is 9.97 Å². The highest BCUT2D eigenvalue weighted by Crippen LogP contribution is 2.20. The molecule has 0 spiro atoms. The van der Waals surface area contributed by atoms with Crippen molar-refractivity contribution in [3.8, 4) is 0 Å². The van der Waals surface area contributed by atoms with Crippen molar-refractivity contribution in [3.05, 3.63) is 22.6 Å². The second-order valence-corrected chi connectivity index (χ2v) is 3.98. The second kappa shape index (κ2) is 3.10. The Balaban J connectivity index is 2.62. The smallest absolute Gasteiger partial charge is 0.248 e. The number of hydrogen-bond donors (Lipinski definition) is 0. The minimum Gasteiger partial charge on any atom is -0.422 e. The van der Waals surface area contributed by atoms with Crippen molar-refractivity contribution in [3.63, 3.8) is 0 Å². The molecule has 0 unspecified atom stereocenters. The Morgan fingerprint density at radius 1 is 1.31 bits per heavy atom. The van der Waals surface area contributed by atoms with Gasteiger partial charge < -0.3 is 4.42 Å². The van der Waals surface area contributed by atoms with Crippen molar-refractivity contribution < 1.29 is 4.42 Å². The SMILES string of the molecule is CC(C)c1nc2ccc(Br)nc2o1. The molecule has 0 saturated carbocycles. The Bertz CT molecular complexity index is 436. The first-order chi connectivity index (χ1) is 6.16. The zero-order chi connectivity index (χ0) is 9.42. The second-order valence-electron chi connectivity index (χ2n) is 3.17. The maximum absolute atomic E-state index is 5.46. The first-order valence-corrected chi connectivity index (χ1v) is 4.89. The number of hydrogen-bond acceptors (Lipinski definition) is 3. The maximum Gasteiger partial charge on any atom is 0.248 e. The number of pyridine rings is 1. The van der Waals surface area contributed by atoms with Crippen LogP contribution in [0.15, 0.2) is 21.2 Å². The Morgan fingerprint density at radius 2 is 2.08 bits per heavy atom. The third-order valence-corrected chi connectivity index (χ3v) is 2.17. The van der Waals surface area contributed by atoms with E-state index in [4.69, 9.17) is 4.42 Å². The lowest BCUT2D eigenvalue weighted by Gasteiger charge is -1.93. The van der Waals surface area contributed by atoms with Gasteiger partial charge in [0.2, 0.25) is 5.71 Å². The molecule has 3 nitrogen and oxygen atoms in total. The maximum atomic E-state index is 5.46. The van der Waals surface area contributed by atoms with Crippen LogP contribution in [0, 0.1) is 0 Å². The number of aromatic nitrogens is 2. The van der Waals surface area contributed by atoms with E-state index < -0.39 is 0 Å². The molecule has 4 heteroatoms. The van der Waals surface area contributed by atoms with E-state index >= 15 is 0 Å². The van der Waals surface area contributed by atoms with Crippen molar-refractivity contribution in [1.82, 2.24) is 9.97 Å². The summed E-state index contributed by atoms with van der Waals surface area (Å²) in [4.78, 5) is 8.47. The molecular weight excluding hydrogens is 232 g/mol. The lowest BCUT2D eigenvalue weighted by atomic mass is 10.2. The van der Waals surface area contributed by atoms with Gasteiger partial charge in [-0.2, -0.15) is 0 Å². The van der Waals surface area contributed by atoms with Gasteiger partial charge in [-0.1, -0.05) is 13.8 Å². The molecule has 0 bridgehead atoms. The third kappa shape index (κ3) is 1.58. The predicted octanol–water partition coefficient (Wildman–Crippen LogP) is 3.11. The molecule has 0 amide bonds. The lowest BCUT2D eigenvalue weighted by molar-refractivity contribution is 0.494. The minimum atomic E-state index is 0.299. The zero-order valence-corrected chi connectivity index (χ0v) is 9.00. The van der Waals surface area contributed by atoms with Crippen molar-refractivity contribution in [2.75, 3.05) is 0 Å². The van der Waals surface area contributed by atoms with E-state index in [-0.39, 0.29) is 0 Å². The molecule has 0 atom stereocenters. The molecule has 0 aliphatic rings. The van der Waals surface area contributed by atoms with Crippen LogP contribution in [0.2, 0.25) is 0 Å². The van der Waals surface area contributed by atoms with Gasteiger partial charge in [0, 0.05) is 5.92 Å². The van der Waals surface area contributed by atoms with Crippen molar-refractivity contribution in [2.24, 2.45) is 0 Å². The third-order valence-electron chi connectivity index (χ3n) is 1.73. The molecule has 0 aliphatic carbocycles. The van der Waals surface area contributed by atoms with Crippen LogP contribution < -0.4 is 0 Å². The van der Waals surface area contributed by atoms with Gasteiger partial charge in [0.05, 0.1) is 0 Å². The van der Waals surface area contributed by atoms with Gasteiger partial charge in [0.25, 0.3) is 0 Å². The highest BCUT2D eigenvalue weighted by molar-refractivity contribution is 9.10. The first-order valence-electron chi connectivity index (χ1n) is 4.10. The quantitative estimate of drug-likeness (QED) is 0.720. The Morgan fingerprint density at radius 3 is 2.77 bits per heavy atom. The average Bonchev–Trinajstić information content (AvgIpc) is 2.46. The lowest BCUT2D eigenvalue weighted by Crippen LogP contribution is -1.84. The highest BCUT2D eigenvalue weighted by atomic mass is 79.9. The van der Waals surface area contributed by atoms with Gasteiger partial charge >= 0.3 is 0 Å². The van der Waals surface area contributed by atoms with E-state index in [1.807, 2.05) is 26.0 Å². The van der Waals surface area contributed by atoms with E-state index in [1.165, 1.54) is 0 Å².